The molecular weight excluding hydrogens is 286 g/mol. The van der Waals surface area contributed by atoms with E-state index in [0.29, 0.717) is 12.6 Å². The number of carbonyl (C=O) groups excluding carboxylic acids is 1. The van der Waals surface area contributed by atoms with Gasteiger partial charge in [0.25, 0.3) is 0 Å². The number of rotatable bonds is 3. The van der Waals surface area contributed by atoms with E-state index in [1.807, 2.05) is 41.3 Å². The highest BCUT2D eigenvalue weighted by Gasteiger charge is 2.26. The van der Waals surface area contributed by atoms with Crippen molar-refractivity contribution in [3.8, 4) is 0 Å². The molecule has 0 spiro atoms. The minimum absolute atomic E-state index is 0.0217. The number of carbonyl (C=O) groups is 1. The largest absolute Gasteiger partial charge is 0.365 e. The van der Waals surface area contributed by atoms with Crippen LogP contribution in [-0.4, -0.2) is 36.6 Å². The minimum atomic E-state index is 0.0217. The van der Waals surface area contributed by atoms with Gasteiger partial charge in [-0.25, -0.2) is 4.79 Å². The van der Waals surface area contributed by atoms with Gasteiger partial charge in [0, 0.05) is 37.9 Å². The summed E-state index contributed by atoms with van der Waals surface area (Å²) in [7, 11) is 0. The van der Waals surface area contributed by atoms with E-state index in [2.05, 4.69) is 41.4 Å². The summed E-state index contributed by atoms with van der Waals surface area (Å²) in [6, 6.07) is 20.7. The Labute approximate surface area is 137 Å². The summed E-state index contributed by atoms with van der Waals surface area (Å²) in [6.07, 6.45) is 0. The third-order valence-corrected chi connectivity index (χ3v) is 4.29. The quantitative estimate of drug-likeness (QED) is 0.945. The summed E-state index contributed by atoms with van der Waals surface area (Å²) >= 11 is 0. The van der Waals surface area contributed by atoms with Crippen LogP contribution in [0.15, 0.2) is 60.7 Å². The van der Waals surface area contributed by atoms with Crippen molar-refractivity contribution in [3.05, 3.63) is 66.2 Å². The topological polar surface area (TPSA) is 35.6 Å². The van der Waals surface area contributed by atoms with Crippen molar-refractivity contribution in [1.82, 2.24) is 10.2 Å². The summed E-state index contributed by atoms with van der Waals surface area (Å²) in [5.74, 6) is 0. The molecule has 0 aliphatic carbocycles. The molecule has 0 aromatic heterocycles. The van der Waals surface area contributed by atoms with Gasteiger partial charge in [-0.15, -0.1) is 0 Å². The van der Waals surface area contributed by atoms with Gasteiger partial charge in [-0.1, -0.05) is 48.5 Å². The molecule has 1 atom stereocenters. The maximum absolute atomic E-state index is 12.4. The van der Waals surface area contributed by atoms with Gasteiger partial charge in [0.15, 0.2) is 0 Å². The van der Waals surface area contributed by atoms with Crippen molar-refractivity contribution >= 4 is 11.7 Å². The predicted octanol–water partition coefficient (Wildman–Crippen LogP) is 3.11. The molecule has 1 aliphatic rings. The van der Waals surface area contributed by atoms with Crippen molar-refractivity contribution in [3.63, 3.8) is 0 Å². The van der Waals surface area contributed by atoms with Crippen LogP contribution in [0.5, 0.6) is 0 Å². The van der Waals surface area contributed by atoms with E-state index in [9.17, 15) is 4.79 Å². The van der Waals surface area contributed by atoms with E-state index in [0.717, 1.165) is 25.2 Å². The van der Waals surface area contributed by atoms with Gasteiger partial charge in [0.2, 0.25) is 0 Å². The molecule has 1 saturated heterocycles. The van der Waals surface area contributed by atoms with Crippen molar-refractivity contribution < 1.29 is 4.79 Å². The van der Waals surface area contributed by atoms with E-state index in [-0.39, 0.29) is 6.03 Å². The first-order valence-corrected chi connectivity index (χ1v) is 8.12. The second-order valence-corrected chi connectivity index (χ2v) is 5.97. The first kappa shape index (κ1) is 15.4. The lowest BCUT2D eigenvalue weighted by Gasteiger charge is -2.41. The number of benzene rings is 2. The Balaban J connectivity index is 1.54. The first-order valence-electron chi connectivity index (χ1n) is 8.12. The predicted molar refractivity (Wildman–Crippen MR) is 93.5 cm³/mol. The van der Waals surface area contributed by atoms with Crippen molar-refractivity contribution in [2.75, 3.05) is 24.5 Å². The molecule has 3 rings (SSSR count). The fourth-order valence-corrected chi connectivity index (χ4v) is 3.03. The third kappa shape index (κ3) is 3.83. The minimum Gasteiger partial charge on any atom is -0.365 e. The molecule has 0 radical (unpaired) electrons. The number of urea groups is 1. The van der Waals surface area contributed by atoms with Crippen LogP contribution in [0.2, 0.25) is 0 Å². The summed E-state index contributed by atoms with van der Waals surface area (Å²) in [6.45, 7) is 5.11. The van der Waals surface area contributed by atoms with Crippen LogP contribution in [0.1, 0.15) is 12.5 Å². The average Bonchev–Trinajstić information content (AvgIpc) is 2.61. The number of para-hydroxylation sites is 1. The molecule has 4 nitrogen and oxygen atoms in total. The number of nitrogens with one attached hydrogen (secondary N) is 1. The Hall–Kier alpha value is -2.49. The van der Waals surface area contributed by atoms with Gasteiger partial charge in [-0.3, -0.25) is 0 Å². The summed E-state index contributed by atoms with van der Waals surface area (Å²) in [5.41, 5.74) is 2.35. The van der Waals surface area contributed by atoms with Crippen LogP contribution < -0.4 is 10.2 Å². The second kappa shape index (κ2) is 7.18. The molecule has 2 amide bonds. The van der Waals surface area contributed by atoms with E-state index < -0.39 is 0 Å². The van der Waals surface area contributed by atoms with Gasteiger partial charge in [-0.2, -0.15) is 0 Å². The summed E-state index contributed by atoms with van der Waals surface area (Å²) in [4.78, 5) is 16.6. The lowest BCUT2D eigenvalue weighted by atomic mass is 10.1. The molecule has 1 unspecified atom stereocenters. The maximum Gasteiger partial charge on any atom is 0.317 e. The Morgan fingerprint density at radius 3 is 2.35 bits per heavy atom. The van der Waals surface area contributed by atoms with E-state index in [1.54, 1.807) is 0 Å². The number of hydrogen-bond donors (Lipinski definition) is 1. The lowest BCUT2D eigenvalue weighted by Crippen LogP contribution is -2.55. The fraction of sp³-hybridized carbons (Fsp3) is 0.316. The molecule has 2 aromatic rings. The zero-order chi connectivity index (χ0) is 16.1. The molecule has 120 valence electrons. The molecule has 23 heavy (non-hydrogen) atoms. The van der Waals surface area contributed by atoms with Crippen molar-refractivity contribution in [1.29, 1.82) is 0 Å². The Morgan fingerprint density at radius 1 is 1.04 bits per heavy atom. The monoisotopic (exact) mass is 309 g/mol. The first-order chi connectivity index (χ1) is 11.2. The van der Waals surface area contributed by atoms with Crippen LogP contribution in [-0.2, 0) is 6.54 Å². The number of piperazine rings is 1. The summed E-state index contributed by atoms with van der Waals surface area (Å²) in [5, 5.41) is 3.01. The van der Waals surface area contributed by atoms with Gasteiger partial charge in [0.05, 0.1) is 0 Å². The fourth-order valence-electron chi connectivity index (χ4n) is 3.03. The highest BCUT2D eigenvalue weighted by molar-refractivity contribution is 5.74. The van der Waals surface area contributed by atoms with Gasteiger partial charge in [-0.05, 0) is 24.6 Å². The smallest absolute Gasteiger partial charge is 0.317 e. The van der Waals surface area contributed by atoms with Crippen molar-refractivity contribution in [2.24, 2.45) is 0 Å². The van der Waals surface area contributed by atoms with Crippen LogP contribution in [0.3, 0.4) is 0 Å². The maximum atomic E-state index is 12.4. The number of nitrogens with zero attached hydrogens (tertiary/aromatic N) is 2. The second-order valence-electron chi connectivity index (χ2n) is 5.97. The normalized spacial score (nSPS) is 17.9. The standard InChI is InChI=1S/C19H23N3O/c1-16-15-21(12-13-22(16)18-10-6-3-7-11-18)19(23)20-14-17-8-4-2-5-9-17/h2-11,16H,12-15H2,1H3,(H,20,23). The van der Waals surface area contributed by atoms with Gasteiger partial charge in [0.1, 0.15) is 0 Å². The Morgan fingerprint density at radius 2 is 1.70 bits per heavy atom. The molecular formula is C19H23N3O. The molecule has 4 heteroatoms. The van der Waals surface area contributed by atoms with Crippen LogP contribution in [0.4, 0.5) is 10.5 Å². The molecule has 2 aromatic carbocycles. The van der Waals surface area contributed by atoms with E-state index >= 15 is 0 Å². The van der Waals surface area contributed by atoms with Crippen LogP contribution in [0.25, 0.3) is 0 Å². The molecule has 0 saturated carbocycles. The molecule has 1 aliphatic heterocycles. The van der Waals surface area contributed by atoms with Crippen molar-refractivity contribution in [2.45, 2.75) is 19.5 Å². The Kier molecular flexibility index (Phi) is 4.81. The third-order valence-electron chi connectivity index (χ3n) is 4.29. The molecule has 1 fully saturated rings. The van der Waals surface area contributed by atoms with E-state index in [1.165, 1.54) is 5.69 Å². The van der Waals surface area contributed by atoms with Gasteiger partial charge < -0.3 is 15.1 Å². The zero-order valence-electron chi connectivity index (χ0n) is 13.5. The molecule has 1 N–H and O–H groups in total. The summed E-state index contributed by atoms with van der Waals surface area (Å²) < 4.78 is 0. The van der Waals surface area contributed by atoms with Gasteiger partial charge >= 0.3 is 6.03 Å². The highest BCUT2D eigenvalue weighted by Crippen LogP contribution is 2.20. The SMILES string of the molecule is CC1CN(C(=O)NCc2ccccc2)CCN1c1ccccc1. The van der Waals surface area contributed by atoms with Crippen LogP contribution in [0, 0.1) is 0 Å². The van der Waals surface area contributed by atoms with E-state index in [4.69, 9.17) is 0 Å². The van der Waals surface area contributed by atoms with Crippen LogP contribution >= 0.6 is 0 Å². The number of hydrogen-bond acceptors (Lipinski definition) is 2. The average molecular weight is 309 g/mol. The number of anilines is 1. The number of amides is 2. The zero-order valence-corrected chi connectivity index (χ0v) is 13.5. The molecule has 0 bridgehead atoms. The molecule has 1 heterocycles. The Bertz CT molecular complexity index is 630. The lowest BCUT2D eigenvalue weighted by molar-refractivity contribution is 0.186. The highest BCUT2D eigenvalue weighted by atomic mass is 16.2.